The van der Waals surface area contributed by atoms with E-state index in [1.807, 2.05) is 6.07 Å². The predicted molar refractivity (Wildman–Crippen MR) is 82.5 cm³/mol. The molecule has 3 rings (SSSR count). The van der Waals surface area contributed by atoms with Gasteiger partial charge >= 0.3 is 0 Å². The minimum atomic E-state index is -0.0899. The summed E-state index contributed by atoms with van der Waals surface area (Å²) in [6.07, 6.45) is 0.986. The van der Waals surface area contributed by atoms with E-state index in [4.69, 9.17) is 16.3 Å². The maximum absolute atomic E-state index is 6.54. The van der Waals surface area contributed by atoms with Gasteiger partial charge in [-0.3, -0.25) is 0 Å². The molecule has 18 heavy (non-hydrogen) atoms. The fraction of sp³-hybridized carbons (Fsp3) is 0.200. The molecule has 0 fully saturated rings. The van der Waals surface area contributed by atoms with Gasteiger partial charge in [-0.25, -0.2) is 0 Å². The van der Waals surface area contributed by atoms with Crippen molar-refractivity contribution in [2.24, 2.45) is 0 Å². The first-order chi connectivity index (χ1) is 8.74. The van der Waals surface area contributed by atoms with E-state index >= 15 is 0 Å². The molecule has 0 saturated heterocycles. The van der Waals surface area contributed by atoms with E-state index in [-0.39, 0.29) is 5.38 Å². The number of hydrogen-bond acceptors (Lipinski definition) is 1. The van der Waals surface area contributed by atoms with Crippen molar-refractivity contribution < 1.29 is 4.74 Å². The summed E-state index contributed by atoms with van der Waals surface area (Å²) in [5, 5.41) is -0.0899. The van der Waals surface area contributed by atoms with Crippen LogP contribution in [0.4, 0.5) is 0 Å². The molecule has 3 heteroatoms. The lowest BCUT2D eigenvalue weighted by atomic mass is 10.0. The molecule has 0 amide bonds. The van der Waals surface area contributed by atoms with E-state index < -0.39 is 0 Å². The normalized spacial score (nSPS) is 15.0. The third kappa shape index (κ3) is 2.36. The molecular weight excluding hydrogens is 359 g/mol. The monoisotopic (exact) mass is 370 g/mol. The first-order valence-corrected chi connectivity index (χ1v) is 7.41. The molecule has 1 heterocycles. The first-order valence-electron chi connectivity index (χ1n) is 5.89. The van der Waals surface area contributed by atoms with Gasteiger partial charge < -0.3 is 4.74 Å². The molecule has 0 bridgehead atoms. The molecule has 0 spiro atoms. The van der Waals surface area contributed by atoms with Gasteiger partial charge in [0, 0.05) is 9.99 Å². The van der Waals surface area contributed by atoms with Crippen LogP contribution in [-0.4, -0.2) is 6.61 Å². The molecular formula is C15H12ClIO. The molecule has 0 aliphatic carbocycles. The fourth-order valence-electron chi connectivity index (χ4n) is 2.19. The average molecular weight is 371 g/mol. The number of fused-ring (bicyclic) bond motifs is 1. The van der Waals surface area contributed by atoms with E-state index in [0.29, 0.717) is 0 Å². The van der Waals surface area contributed by atoms with Gasteiger partial charge in [-0.2, -0.15) is 0 Å². The van der Waals surface area contributed by atoms with Crippen LogP contribution in [-0.2, 0) is 6.42 Å². The lowest BCUT2D eigenvalue weighted by molar-refractivity contribution is 0.357. The van der Waals surface area contributed by atoms with Crippen LogP contribution in [0, 0.1) is 3.57 Å². The Morgan fingerprint density at radius 1 is 1.06 bits per heavy atom. The summed E-state index contributed by atoms with van der Waals surface area (Å²) < 4.78 is 6.74. The maximum Gasteiger partial charge on any atom is 0.122 e. The largest absolute Gasteiger partial charge is 0.493 e. The minimum absolute atomic E-state index is 0.0899. The van der Waals surface area contributed by atoms with Crippen LogP contribution < -0.4 is 4.74 Å². The fourth-order valence-corrected chi connectivity index (χ4v) is 2.83. The van der Waals surface area contributed by atoms with Crippen molar-refractivity contribution in [1.82, 2.24) is 0 Å². The van der Waals surface area contributed by atoms with Crippen molar-refractivity contribution in [2.45, 2.75) is 11.8 Å². The smallest absolute Gasteiger partial charge is 0.122 e. The van der Waals surface area contributed by atoms with Gasteiger partial charge in [0.05, 0.1) is 12.0 Å². The molecule has 1 aliphatic heterocycles. The van der Waals surface area contributed by atoms with Gasteiger partial charge in [0.15, 0.2) is 0 Å². The third-order valence-electron chi connectivity index (χ3n) is 3.17. The summed E-state index contributed by atoms with van der Waals surface area (Å²) in [7, 11) is 0. The summed E-state index contributed by atoms with van der Waals surface area (Å²) in [6.45, 7) is 0.787. The predicted octanol–water partition coefficient (Wildman–Crippen LogP) is 4.55. The summed E-state index contributed by atoms with van der Waals surface area (Å²) in [4.78, 5) is 0. The highest BCUT2D eigenvalue weighted by Crippen LogP contribution is 2.34. The van der Waals surface area contributed by atoms with Gasteiger partial charge in [-0.1, -0.05) is 24.3 Å². The van der Waals surface area contributed by atoms with Crippen LogP contribution in [0.15, 0.2) is 42.5 Å². The highest BCUT2D eigenvalue weighted by molar-refractivity contribution is 14.1. The van der Waals surface area contributed by atoms with E-state index in [0.717, 1.165) is 29.9 Å². The molecule has 1 nitrogen and oxygen atoms in total. The quantitative estimate of drug-likeness (QED) is 0.556. The summed E-state index contributed by atoms with van der Waals surface area (Å²) in [5.41, 5.74) is 3.54. The van der Waals surface area contributed by atoms with E-state index in [2.05, 4.69) is 59.0 Å². The molecule has 0 aromatic heterocycles. The second-order valence-corrected chi connectivity index (χ2v) is 6.06. The van der Waals surface area contributed by atoms with Crippen molar-refractivity contribution >= 4 is 34.2 Å². The SMILES string of the molecule is ClC(c1ccc(I)cc1)c1ccc2c(c1)CCO2. The number of benzene rings is 2. The van der Waals surface area contributed by atoms with Crippen LogP contribution in [0.2, 0.25) is 0 Å². The van der Waals surface area contributed by atoms with E-state index in [1.165, 1.54) is 9.13 Å². The Morgan fingerprint density at radius 3 is 2.56 bits per heavy atom. The molecule has 0 N–H and O–H groups in total. The molecule has 1 unspecified atom stereocenters. The summed E-state index contributed by atoms with van der Waals surface area (Å²) in [5.74, 6) is 1.00. The molecule has 0 radical (unpaired) electrons. The standard InChI is InChI=1S/C15H12ClIO/c16-15(10-1-4-13(17)5-2-10)12-3-6-14-11(9-12)7-8-18-14/h1-6,9,15H,7-8H2. The van der Waals surface area contributed by atoms with Crippen LogP contribution in [0.3, 0.4) is 0 Å². The van der Waals surface area contributed by atoms with Crippen LogP contribution in [0.25, 0.3) is 0 Å². The minimum Gasteiger partial charge on any atom is -0.493 e. The van der Waals surface area contributed by atoms with Gasteiger partial charge in [0.1, 0.15) is 5.75 Å². The molecule has 2 aromatic rings. The van der Waals surface area contributed by atoms with Crippen molar-refractivity contribution in [3.8, 4) is 5.75 Å². The number of hydrogen-bond donors (Lipinski definition) is 0. The zero-order valence-corrected chi connectivity index (χ0v) is 12.6. The second kappa shape index (κ2) is 5.10. The van der Waals surface area contributed by atoms with Gasteiger partial charge in [-0.15, -0.1) is 11.6 Å². The third-order valence-corrected chi connectivity index (χ3v) is 4.39. The van der Waals surface area contributed by atoms with Crippen LogP contribution in [0.5, 0.6) is 5.75 Å². The molecule has 1 atom stereocenters. The first kappa shape index (κ1) is 12.3. The Kier molecular flexibility index (Phi) is 3.48. The number of alkyl halides is 1. The zero-order valence-electron chi connectivity index (χ0n) is 9.70. The summed E-state index contributed by atoms with van der Waals surface area (Å²) in [6, 6.07) is 14.6. The Hall–Kier alpha value is -0.740. The molecule has 1 aliphatic rings. The maximum atomic E-state index is 6.54. The summed E-state index contributed by atoms with van der Waals surface area (Å²) >= 11 is 8.84. The number of halogens is 2. The second-order valence-electron chi connectivity index (χ2n) is 4.38. The van der Waals surface area contributed by atoms with Gasteiger partial charge in [0.2, 0.25) is 0 Å². The van der Waals surface area contributed by atoms with Crippen LogP contribution >= 0.6 is 34.2 Å². The molecule has 92 valence electrons. The van der Waals surface area contributed by atoms with Gasteiger partial charge in [-0.05, 0) is 57.5 Å². The van der Waals surface area contributed by atoms with Crippen molar-refractivity contribution in [3.05, 3.63) is 62.7 Å². The Bertz CT molecular complexity index is 565. The number of rotatable bonds is 2. The lowest BCUT2D eigenvalue weighted by Gasteiger charge is -2.11. The highest BCUT2D eigenvalue weighted by atomic mass is 127. The average Bonchev–Trinajstić information content (AvgIpc) is 2.86. The lowest BCUT2D eigenvalue weighted by Crippen LogP contribution is -1.94. The Morgan fingerprint density at radius 2 is 1.78 bits per heavy atom. The van der Waals surface area contributed by atoms with Crippen molar-refractivity contribution in [2.75, 3.05) is 6.61 Å². The van der Waals surface area contributed by atoms with Gasteiger partial charge in [0.25, 0.3) is 0 Å². The highest BCUT2D eigenvalue weighted by Gasteiger charge is 2.16. The van der Waals surface area contributed by atoms with E-state index in [1.54, 1.807) is 0 Å². The Balaban J connectivity index is 1.92. The van der Waals surface area contributed by atoms with Crippen molar-refractivity contribution in [3.63, 3.8) is 0 Å². The molecule has 2 aromatic carbocycles. The molecule has 0 saturated carbocycles. The van der Waals surface area contributed by atoms with E-state index in [9.17, 15) is 0 Å². The van der Waals surface area contributed by atoms with Crippen molar-refractivity contribution in [1.29, 1.82) is 0 Å². The zero-order chi connectivity index (χ0) is 12.5. The topological polar surface area (TPSA) is 9.23 Å². The van der Waals surface area contributed by atoms with Crippen LogP contribution in [0.1, 0.15) is 22.1 Å². The number of ether oxygens (including phenoxy) is 1. The Labute approximate surface area is 125 Å².